The molecular weight excluding hydrogens is 298 g/mol. The molecule has 2 rings (SSSR count). The van der Waals surface area contributed by atoms with Crippen LogP contribution < -0.4 is 14.8 Å². The molecule has 5 heteroatoms. The zero-order valence-electron chi connectivity index (χ0n) is 13.5. The quantitative estimate of drug-likeness (QED) is 0.910. The van der Waals surface area contributed by atoms with Crippen molar-refractivity contribution in [3.8, 4) is 11.5 Å². The van der Waals surface area contributed by atoms with Crippen molar-refractivity contribution >= 4 is 17.2 Å². The van der Waals surface area contributed by atoms with Gasteiger partial charge in [-0.3, -0.25) is 4.79 Å². The second kappa shape index (κ2) is 6.83. The molecule has 1 aromatic carbocycles. The Kier molecular flexibility index (Phi) is 5.08. The minimum Gasteiger partial charge on any atom is -0.497 e. The van der Waals surface area contributed by atoms with Crippen LogP contribution in [-0.2, 0) is 0 Å². The first kappa shape index (κ1) is 16.4. The lowest BCUT2D eigenvalue weighted by Crippen LogP contribution is -2.26. The fraction of sp³-hybridized carbons (Fsp3) is 0.353. The highest BCUT2D eigenvalue weighted by Gasteiger charge is 2.17. The first-order valence-corrected chi connectivity index (χ1v) is 7.87. The topological polar surface area (TPSA) is 47.6 Å². The summed E-state index contributed by atoms with van der Waals surface area (Å²) in [7, 11) is 3.23. The summed E-state index contributed by atoms with van der Waals surface area (Å²) in [5.41, 5.74) is 2.03. The Hall–Kier alpha value is -2.01. The molecular formula is C17H21NO3S. The minimum absolute atomic E-state index is 0.0708. The second-order valence-corrected chi connectivity index (χ2v) is 6.41. The van der Waals surface area contributed by atoms with E-state index >= 15 is 0 Å². The number of ether oxygens (including phenoxy) is 2. The van der Waals surface area contributed by atoms with Crippen molar-refractivity contribution in [3.05, 3.63) is 45.1 Å². The zero-order valence-corrected chi connectivity index (χ0v) is 14.3. The summed E-state index contributed by atoms with van der Waals surface area (Å²) >= 11 is 1.51. The van der Waals surface area contributed by atoms with Crippen LogP contribution >= 0.6 is 11.3 Å². The number of carbonyl (C=O) groups excluding carboxylic acids is 1. The van der Waals surface area contributed by atoms with E-state index in [4.69, 9.17) is 9.47 Å². The van der Waals surface area contributed by atoms with E-state index in [-0.39, 0.29) is 11.9 Å². The average Bonchev–Trinajstić information content (AvgIpc) is 2.86. The molecule has 1 amide bonds. The number of thiophene rings is 1. The third kappa shape index (κ3) is 3.42. The van der Waals surface area contributed by atoms with Gasteiger partial charge < -0.3 is 14.8 Å². The summed E-state index contributed by atoms with van der Waals surface area (Å²) in [5, 5.41) is 3.01. The van der Waals surface area contributed by atoms with Gasteiger partial charge in [0.1, 0.15) is 11.5 Å². The van der Waals surface area contributed by atoms with E-state index < -0.39 is 0 Å². The summed E-state index contributed by atoms with van der Waals surface area (Å²) in [6.07, 6.45) is 0. The summed E-state index contributed by atoms with van der Waals surface area (Å²) in [6.45, 7) is 5.96. The van der Waals surface area contributed by atoms with Gasteiger partial charge in [-0.05, 0) is 50.6 Å². The van der Waals surface area contributed by atoms with Crippen LogP contribution in [-0.4, -0.2) is 20.1 Å². The molecule has 1 atom stereocenters. The van der Waals surface area contributed by atoms with Crippen molar-refractivity contribution in [2.24, 2.45) is 0 Å². The Morgan fingerprint density at radius 3 is 2.45 bits per heavy atom. The highest BCUT2D eigenvalue weighted by atomic mass is 32.1. The van der Waals surface area contributed by atoms with Gasteiger partial charge in [0.2, 0.25) is 0 Å². The van der Waals surface area contributed by atoms with Gasteiger partial charge in [0, 0.05) is 10.4 Å². The SMILES string of the molecule is COc1ccc(OC)c(C(C)NC(=O)c2cc(C)c(C)s2)c1. The van der Waals surface area contributed by atoms with Crippen LogP contribution in [0.1, 0.15) is 38.6 Å². The number of benzene rings is 1. The van der Waals surface area contributed by atoms with Gasteiger partial charge in [-0.2, -0.15) is 0 Å². The maximum absolute atomic E-state index is 12.4. The molecule has 0 aliphatic rings. The van der Waals surface area contributed by atoms with Crippen molar-refractivity contribution in [1.29, 1.82) is 0 Å². The Bertz CT molecular complexity index is 659. The molecule has 1 aromatic heterocycles. The predicted molar refractivity (Wildman–Crippen MR) is 89.2 cm³/mol. The van der Waals surface area contributed by atoms with Crippen molar-refractivity contribution in [3.63, 3.8) is 0 Å². The molecule has 118 valence electrons. The highest BCUT2D eigenvalue weighted by molar-refractivity contribution is 7.14. The first-order chi connectivity index (χ1) is 10.5. The number of nitrogens with one attached hydrogen (secondary N) is 1. The van der Waals surface area contributed by atoms with Crippen molar-refractivity contribution in [2.75, 3.05) is 14.2 Å². The Morgan fingerprint density at radius 2 is 1.91 bits per heavy atom. The van der Waals surface area contributed by atoms with Crippen LogP contribution in [0.4, 0.5) is 0 Å². The minimum atomic E-state index is -0.180. The molecule has 0 bridgehead atoms. The number of hydrogen-bond acceptors (Lipinski definition) is 4. The lowest BCUT2D eigenvalue weighted by molar-refractivity contribution is 0.0943. The molecule has 1 unspecified atom stereocenters. The monoisotopic (exact) mass is 319 g/mol. The Labute approximate surface area is 135 Å². The molecule has 0 aliphatic heterocycles. The molecule has 4 nitrogen and oxygen atoms in total. The molecule has 1 heterocycles. The van der Waals surface area contributed by atoms with E-state index in [0.29, 0.717) is 0 Å². The molecule has 0 saturated carbocycles. The van der Waals surface area contributed by atoms with Gasteiger partial charge in [-0.25, -0.2) is 0 Å². The van der Waals surface area contributed by atoms with E-state index in [0.717, 1.165) is 32.4 Å². The molecule has 0 radical (unpaired) electrons. The van der Waals surface area contributed by atoms with E-state index in [9.17, 15) is 4.79 Å². The fourth-order valence-electron chi connectivity index (χ4n) is 2.21. The predicted octanol–water partition coefficient (Wildman–Crippen LogP) is 3.87. The lowest BCUT2D eigenvalue weighted by atomic mass is 10.1. The summed E-state index contributed by atoms with van der Waals surface area (Å²) in [4.78, 5) is 14.3. The van der Waals surface area contributed by atoms with E-state index in [2.05, 4.69) is 5.32 Å². The third-order valence-electron chi connectivity index (χ3n) is 3.64. The highest BCUT2D eigenvalue weighted by Crippen LogP contribution is 2.30. The van der Waals surface area contributed by atoms with Gasteiger partial charge in [-0.1, -0.05) is 0 Å². The number of rotatable bonds is 5. The zero-order chi connectivity index (χ0) is 16.3. The second-order valence-electron chi connectivity index (χ2n) is 5.15. The van der Waals surface area contributed by atoms with Gasteiger partial charge in [0.05, 0.1) is 25.1 Å². The maximum atomic E-state index is 12.4. The van der Waals surface area contributed by atoms with Gasteiger partial charge in [0.15, 0.2) is 0 Å². The first-order valence-electron chi connectivity index (χ1n) is 7.06. The van der Waals surface area contributed by atoms with E-state index in [1.54, 1.807) is 14.2 Å². The number of methoxy groups -OCH3 is 2. The van der Waals surface area contributed by atoms with Crippen molar-refractivity contribution in [1.82, 2.24) is 5.32 Å². The smallest absolute Gasteiger partial charge is 0.261 e. The molecule has 0 aliphatic carbocycles. The van der Waals surface area contributed by atoms with Crippen LogP contribution in [0.5, 0.6) is 11.5 Å². The van der Waals surface area contributed by atoms with E-state index in [1.807, 2.05) is 45.0 Å². The number of hydrogen-bond donors (Lipinski definition) is 1. The van der Waals surface area contributed by atoms with Gasteiger partial charge in [0.25, 0.3) is 5.91 Å². The molecule has 22 heavy (non-hydrogen) atoms. The van der Waals surface area contributed by atoms with Crippen LogP contribution in [0.2, 0.25) is 0 Å². The lowest BCUT2D eigenvalue weighted by Gasteiger charge is -2.18. The van der Waals surface area contributed by atoms with Gasteiger partial charge >= 0.3 is 0 Å². The van der Waals surface area contributed by atoms with Crippen LogP contribution in [0.25, 0.3) is 0 Å². The van der Waals surface area contributed by atoms with Crippen LogP contribution in [0.15, 0.2) is 24.3 Å². The normalized spacial score (nSPS) is 11.9. The molecule has 2 aromatic rings. The molecule has 0 fully saturated rings. The molecule has 1 N–H and O–H groups in total. The largest absolute Gasteiger partial charge is 0.497 e. The van der Waals surface area contributed by atoms with Crippen molar-refractivity contribution < 1.29 is 14.3 Å². The molecule has 0 spiro atoms. The standard InChI is InChI=1S/C17H21NO3S/c1-10-8-16(22-12(10)3)17(19)18-11(2)14-9-13(20-4)6-7-15(14)21-5/h6-9,11H,1-5H3,(H,18,19). The number of carbonyl (C=O) groups is 1. The van der Waals surface area contributed by atoms with Crippen molar-refractivity contribution in [2.45, 2.75) is 26.8 Å². The van der Waals surface area contributed by atoms with Crippen LogP contribution in [0, 0.1) is 13.8 Å². The van der Waals surface area contributed by atoms with E-state index in [1.165, 1.54) is 11.3 Å². The Morgan fingerprint density at radius 1 is 1.18 bits per heavy atom. The number of aryl methyl sites for hydroxylation is 2. The maximum Gasteiger partial charge on any atom is 0.261 e. The summed E-state index contributed by atoms with van der Waals surface area (Å²) < 4.78 is 10.6. The number of amides is 1. The third-order valence-corrected chi connectivity index (χ3v) is 4.79. The molecule has 0 saturated heterocycles. The summed E-state index contributed by atoms with van der Waals surface area (Å²) in [6, 6.07) is 7.30. The van der Waals surface area contributed by atoms with Gasteiger partial charge in [-0.15, -0.1) is 11.3 Å². The summed E-state index contributed by atoms with van der Waals surface area (Å²) in [5.74, 6) is 1.39. The fourth-order valence-corrected chi connectivity index (χ4v) is 3.15. The Balaban J connectivity index is 2.21. The van der Waals surface area contributed by atoms with Crippen LogP contribution in [0.3, 0.4) is 0 Å². The average molecular weight is 319 g/mol.